The summed E-state index contributed by atoms with van der Waals surface area (Å²) < 4.78 is 0. The molecule has 19 heavy (non-hydrogen) atoms. The zero-order valence-corrected chi connectivity index (χ0v) is 12.5. The van der Waals surface area contributed by atoms with Crippen LogP contribution in [0.3, 0.4) is 0 Å². The molecule has 0 bridgehead atoms. The Labute approximate surface area is 118 Å². The summed E-state index contributed by atoms with van der Waals surface area (Å²) in [5.41, 5.74) is 0.774. The van der Waals surface area contributed by atoms with E-state index < -0.39 is 6.04 Å². The minimum Gasteiger partial charge on any atom is -0.344 e. The first-order chi connectivity index (χ1) is 8.95. The second-order valence-electron chi connectivity index (χ2n) is 4.61. The highest BCUT2D eigenvalue weighted by molar-refractivity contribution is 7.98. The Morgan fingerprint density at radius 2 is 1.84 bits per heavy atom. The van der Waals surface area contributed by atoms with Crippen LogP contribution in [0.2, 0.25) is 0 Å². The number of benzene rings is 1. The van der Waals surface area contributed by atoms with Crippen LogP contribution in [0.15, 0.2) is 29.2 Å². The quantitative estimate of drug-likeness (QED) is 0.815. The molecule has 0 saturated carbocycles. The fourth-order valence-electron chi connectivity index (χ4n) is 1.71. The minimum atomic E-state index is -0.521. The molecule has 0 aliphatic heterocycles. The first kappa shape index (κ1) is 15.6. The molecule has 2 amide bonds. The number of carbonyl (C=O) groups excluding carboxylic acids is 2. The van der Waals surface area contributed by atoms with Gasteiger partial charge in [-0.2, -0.15) is 0 Å². The van der Waals surface area contributed by atoms with Crippen LogP contribution in [-0.2, 0) is 9.59 Å². The van der Waals surface area contributed by atoms with Crippen molar-refractivity contribution in [2.75, 3.05) is 11.6 Å². The first-order valence-corrected chi connectivity index (χ1v) is 7.39. The lowest BCUT2D eigenvalue weighted by atomic mass is 10.0. The molecule has 0 aliphatic carbocycles. The second kappa shape index (κ2) is 7.19. The second-order valence-corrected chi connectivity index (χ2v) is 5.46. The summed E-state index contributed by atoms with van der Waals surface area (Å²) in [6, 6.07) is 7.08. The zero-order valence-electron chi connectivity index (χ0n) is 11.7. The topological polar surface area (TPSA) is 58.2 Å². The molecule has 0 fully saturated rings. The highest BCUT2D eigenvalue weighted by Gasteiger charge is 2.23. The molecule has 1 rings (SSSR count). The van der Waals surface area contributed by atoms with E-state index in [0.29, 0.717) is 0 Å². The Morgan fingerprint density at radius 1 is 1.21 bits per heavy atom. The maximum absolute atomic E-state index is 12.2. The molecule has 0 aliphatic rings. The Balaban J connectivity index is 2.84. The van der Waals surface area contributed by atoms with E-state index in [-0.39, 0.29) is 17.7 Å². The summed E-state index contributed by atoms with van der Waals surface area (Å²) in [4.78, 5) is 24.4. The SMILES string of the molecule is CSc1ccccc1NC(=O)[C@H](NC(C)=O)C(C)C. The molecule has 0 heterocycles. The van der Waals surface area contributed by atoms with E-state index in [4.69, 9.17) is 0 Å². The number of rotatable bonds is 5. The van der Waals surface area contributed by atoms with Crippen molar-refractivity contribution < 1.29 is 9.59 Å². The van der Waals surface area contributed by atoms with Gasteiger partial charge in [-0.3, -0.25) is 9.59 Å². The monoisotopic (exact) mass is 280 g/mol. The van der Waals surface area contributed by atoms with E-state index in [1.165, 1.54) is 6.92 Å². The van der Waals surface area contributed by atoms with Crippen LogP contribution in [-0.4, -0.2) is 24.1 Å². The zero-order chi connectivity index (χ0) is 14.4. The molecule has 0 aromatic heterocycles. The van der Waals surface area contributed by atoms with Crippen molar-refractivity contribution in [3.8, 4) is 0 Å². The molecule has 104 valence electrons. The Kier molecular flexibility index (Phi) is 5.89. The normalized spacial score (nSPS) is 12.1. The van der Waals surface area contributed by atoms with E-state index in [9.17, 15) is 9.59 Å². The van der Waals surface area contributed by atoms with E-state index in [0.717, 1.165) is 10.6 Å². The van der Waals surface area contributed by atoms with E-state index in [1.807, 2.05) is 44.4 Å². The van der Waals surface area contributed by atoms with E-state index in [1.54, 1.807) is 11.8 Å². The van der Waals surface area contributed by atoms with Crippen molar-refractivity contribution in [2.24, 2.45) is 5.92 Å². The average Bonchev–Trinajstić information content (AvgIpc) is 2.36. The summed E-state index contributed by atoms with van der Waals surface area (Å²) in [6.45, 7) is 5.22. The van der Waals surface area contributed by atoms with Crippen LogP contribution in [0.25, 0.3) is 0 Å². The van der Waals surface area contributed by atoms with Gasteiger partial charge >= 0.3 is 0 Å². The third-order valence-electron chi connectivity index (χ3n) is 2.67. The molecule has 5 heteroatoms. The van der Waals surface area contributed by atoms with Crippen LogP contribution in [0, 0.1) is 5.92 Å². The summed E-state index contributed by atoms with van der Waals surface area (Å²) >= 11 is 1.57. The Bertz CT molecular complexity index is 461. The van der Waals surface area contributed by atoms with E-state index >= 15 is 0 Å². The van der Waals surface area contributed by atoms with Crippen LogP contribution >= 0.6 is 11.8 Å². The fourth-order valence-corrected chi connectivity index (χ4v) is 2.27. The molecule has 1 aromatic carbocycles. The molecule has 0 unspecified atom stereocenters. The molecule has 0 spiro atoms. The van der Waals surface area contributed by atoms with Gasteiger partial charge in [0.05, 0.1) is 5.69 Å². The number of amides is 2. The van der Waals surface area contributed by atoms with Crippen molar-refractivity contribution in [2.45, 2.75) is 31.7 Å². The van der Waals surface area contributed by atoms with Gasteiger partial charge in [-0.15, -0.1) is 11.8 Å². The van der Waals surface area contributed by atoms with Crippen molar-refractivity contribution in [3.05, 3.63) is 24.3 Å². The number of anilines is 1. The van der Waals surface area contributed by atoms with Gasteiger partial charge in [-0.05, 0) is 24.3 Å². The van der Waals surface area contributed by atoms with Crippen molar-refractivity contribution in [1.82, 2.24) is 5.32 Å². The smallest absolute Gasteiger partial charge is 0.247 e. The van der Waals surface area contributed by atoms with Crippen LogP contribution in [0.5, 0.6) is 0 Å². The molecule has 2 N–H and O–H groups in total. The van der Waals surface area contributed by atoms with Crippen molar-refractivity contribution >= 4 is 29.3 Å². The molecule has 1 aromatic rings. The predicted octanol–water partition coefficient (Wildman–Crippen LogP) is 2.51. The van der Waals surface area contributed by atoms with Gasteiger partial charge in [0.1, 0.15) is 6.04 Å². The number of hydrogen-bond donors (Lipinski definition) is 2. The fraction of sp³-hybridized carbons (Fsp3) is 0.429. The number of carbonyl (C=O) groups is 2. The summed E-state index contributed by atoms with van der Waals surface area (Å²) in [7, 11) is 0. The van der Waals surface area contributed by atoms with Gasteiger partial charge in [0.25, 0.3) is 0 Å². The van der Waals surface area contributed by atoms with Crippen LogP contribution < -0.4 is 10.6 Å². The molecule has 1 atom stereocenters. The minimum absolute atomic E-state index is 0.0327. The summed E-state index contributed by atoms with van der Waals surface area (Å²) in [6.07, 6.45) is 1.96. The van der Waals surface area contributed by atoms with Crippen LogP contribution in [0.4, 0.5) is 5.69 Å². The van der Waals surface area contributed by atoms with Gasteiger partial charge in [-0.1, -0.05) is 26.0 Å². The Morgan fingerprint density at radius 3 is 2.37 bits per heavy atom. The maximum atomic E-state index is 12.2. The number of para-hydroxylation sites is 1. The standard InChI is InChI=1S/C14H20N2O2S/c1-9(2)13(15-10(3)17)14(18)16-11-7-5-6-8-12(11)19-4/h5-9,13H,1-4H3,(H,15,17)(H,16,18)/t13-/m1/s1. The van der Waals surface area contributed by atoms with Gasteiger partial charge in [0.15, 0.2) is 0 Å². The first-order valence-electron chi connectivity index (χ1n) is 6.16. The maximum Gasteiger partial charge on any atom is 0.247 e. The average molecular weight is 280 g/mol. The number of nitrogens with one attached hydrogen (secondary N) is 2. The van der Waals surface area contributed by atoms with Gasteiger partial charge < -0.3 is 10.6 Å². The lowest BCUT2D eigenvalue weighted by Gasteiger charge is -2.21. The summed E-state index contributed by atoms with van der Waals surface area (Å²) in [5.74, 6) is -0.357. The molecule has 0 saturated heterocycles. The largest absolute Gasteiger partial charge is 0.344 e. The van der Waals surface area contributed by atoms with E-state index in [2.05, 4.69) is 10.6 Å². The van der Waals surface area contributed by atoms with Crippen molar-refractivity contribution in [3.63, 3.8) is 0 Å². The molecular weight excluding hydrogens is 260 g/mol. The third-order valence-corrected chi connectivity index (χ3v) is 3.47. The van der Waals surface area contributed by atoms with Gasteiger partial charge in [0.2, 0.25) is 11.8 Å². The highest BCUT2D eigenvalue weighted by Crippen LogP contribution is 2.24. The third kappa shape index (κ3) is 4.59. The predicted molar refractivity (Wildman–Crippen MR) is 79.3 cm³/mol. The van der Waals surface area contributed by atoms with Crippen LogP contribution in [0.1, 0.15) is 20.8 Å². The van der Waals surface area contributed by atoms with Gasteiger partial charge in [-0.25, -0.2) is 0 Å². The molecule has 4 nitrogen and oxygen atoms in total. The number of thioether (sulfide) groups is 1. The Hall–Kier alpha value is -1.49. The lowest BCUT2D eigenvalue weighted by Crippen LogP contribution is -2.46. The lowest BCUT2D eigenvalue weighted by molar-refractivity contribution is -0.126. The highest BCUT2D eigenvalue weighted by atomic mass is 32.2. The summed E-state index contributed by atoms with van der Waals surface area (Å²) in [5, 5.41) is 5.55. The molecule has 0 radical (unpaired) electrons. The van der Waals surface area contributed by atoms with Crippen molar-refractivity contribution in [1.29, 1.82) is 0 Å². The van der Waals surface area contributed by atoms with Gasteiger partial charge in [0, 0.05) is 11.8 Å². The number of hydrogen-bond acceptors (Lipinski definition) is 3. The molecular formula is C14H20N2O2S.